The number of amides is 1. The summed E-state index contributed by atoms with van der Waals surface area (Å²) in [6.07, 6.45) is 3.40. The molecule has 7 nitrogen and oxygen atoms in total. The highest BCUT2D eigenvalue weighted by molar-refractivity contribution is 5.94. The number of benzene rings is 2. The first kappa shape index (κ1) is 23.2. The van der Waals surface area contributed by atoms with Gasteiger partial charge in [0.25, 0.3) is 5.91 Å². The van der Waals surface area contributed by atoms with E-state index in [1.165, 1.54) is 5.56 Å². The van der Waals surface area contributed by atoms with Gasteiger partial charge in [0.15, 0.2) is 11.5 Å². The Kier molecular flexibility index (Phi) is 5.98. The molecule has 3 heterocycles. The van der Waals surface area contributed by atoms with Gasteiger partial charge < -0.3 is 11.1 Å². The molecule has 0 radical (unpaired) electrons. The molecule has 3 N–H and O–H groups in total. The number of pyridine rings is 2. The Morgan fingerprint density at radius 1 is 0.917 bits per heavy atom. The topological polar surface area (TPSA) is 98.7 Å². The van der Waals surface area contributed by atoms with Crippen LogP contribution in [0.2, 0.25) is 0 Å². The number of hydrogen-bond donors (Lipinski definition) is 2. The van der Waals surface area contributed by atoms with Gasteiger partial charge in [-0.3, -0.25) is 9.36 Å². The molecule has 0 bridgehead atoms. The number of hydrogen-bond acceptors (Lipinski definition) is 5. The third kappa shape index (κ3) is 4.55. The lowest BCUT2D eigenvalue weighted by Gasteiger charge is -2.19. The number of fused-ring (bicyclic) bond motifs is 1. The van der Waals surface area contributed by atoms with Crippen LogP contribution in [0.25, 0.3) is 28.2 Å². The van der Waals surface area contributed by atoms with Crippen molar-refractivity contribution in [1.82, 2.24) is 24.8 Å². The van der Waals surface area contributed by atoms with Crippen LogP contribution in [0.3, 0.4) is 0 Å². The zero-order valence-corrected chi connectivity index (χ0v) is 20.6. The van der Waals surface area contributed by atoms with E-state index < -0.39 is 0 Å². The van der Waals surface area contributed by atoms with E-state index in [2.05, 4.69) is 36.1 Å². The third-order valence-electron chi connectivity index (χ3n) is 6.16. The van der Waals surface area contributed by atoms with Crippen LogP contribution in [0.1, 0.15) is 42.3 Å². The van der Waals surface area contributed by atoms with E-state index in [4.69, 9.17) is 10.7 Å². The van der Waals surface area contributed by atoms with E-state index >= 15 is 0 Å². The van der Waals surface area contributed by atoms with Gasteiger partial charge in [-0.1, -0.05) is 45.0 Å². The fourth-order valence-corrected chi connectivity index (χ4v) is 4.11. The van der Waals surface area contributed by atoms with Crippen LogP contribution in [0.15, 0.2) is 85.2 Å². The number of nitrogens with zero attached hydrogens (tertiary/aromatic N) is 4. The molecule has 0 unspecified atom stereocenters. The number of anilines is 1. The molecule has 36 heavy (non-hydrogen) atoms. The first-order valence-corrected chi connectivity index (χ1v) is 11.8. The van der Waals surface area contributed by atoms with Crippen molar-refractivity contribution in [3.63, 3.8) is 0 Å². The molecule has 0 aliphatic carbocycles. The summed E-state index contributed by atoms with van der Waals surface area (Å²) in [7, 11) is 0. The number of carbonyl (C=O) groups is 1. The van der Waals surface area contributed by atoms with Gasteiger partial charge in [0.05, 0.1) is 5.56 Å². The fraction of sp³-hybridized carbons (Fsp3) is 0.172. The van der Waals surface area contributed by atoms with Crippen molar-refractivity contribution in [1.29, 1.82) is 0 Å². The molecule has 3 aromatic heterocycles. The summed E-state index contributed by atoms with van der Waals surface area (Å²) in [5, 5.41) is 3.01. The minimum Gasteiger partial charge on any atom is -0.383 e. The van der Waals surface area contributed by atoms with Crippen LogP contribution < -0.4 is 11.1 Å². The van der Waals surface area contributed by atoms with Gasteiger partial charge in [0.2, 0.25) is 0 Å². The monoisotopic (exact) mass is 476 g/mol. The van der Waals surface area contributed by atoms with Crippen LogP contribution in [-0.2, 0) is 12.0 Å². The predicted molar refractivity (Wildman–Crippen MR) is 143 cm³/mol. The smallest absolute Gasteiger partial charge is 0.251 e. The maximum atomic E-state index is 12.7. The molecule has 5 rings (SSSR count). The highest BCUT2D eigenvalue weighted by atomic mass is 16.1. The number of nitrogens with one attached hydrogen (secondary N) is 1. The lowest BCUT2D eigenvalue weighted by molar-refractivity contribution is 0.0951. The van der Waals surface area contributed by atoms with Crippen molar-refractivity contribution in [3.8, 4) is 17.1 Å². The molecule has 0 aliphatic rings. The molecule has 7 heteroatoms. The second-order valence-corrected chi connectivity index (χ2v) is 9.73. The number of imidazole rings is 1. The lowest BCUT2D eigenvalue weighted by Crippen LogP contribution is -2.23. The van der Waals surface area contributed by atoms with E-state index in [0.29, 0.717) is 23.8 Å². The zero-order valence-electron chi connectivity index (χ0n) is 20.6. The Labute approximate surface area is 210 Å². The summed E-state index contributed by atoms with van der Waals surface area (Å²) in [5.74, 6) is 0.983. The quantitative estimate of drug-likeness (QED) is 0.359. The average Bonchev–Trinajstić information content (AvgIpc) is 3.27. The summed E-state index contributed by atoms with van der Waals surface area (Å²) in [5.41, 5.74) is 12.2. The van der Waals surface area contributed by atoms with Crippen molar-refractivity contribution < 1.29 is 4.79 Å². The van der Waals surface area contributed by atoms with E-state index in [1.807, 2.05) is 77.4 Å². The summed E-state index contributed by atoms with van der Waals surface area (Å²) in [6.45, 7) is 6.89. The molecule has 0 atom stereocenters. The first-order chi connectivity index (χ1) is 17.3. The van der Waals surface area contributed by atoms with E-state index in [1.54, 1.807) is 12.4 Å². The second kappa shape index (κ2) is 9.26. The van der Waals surface area contributed by atoms with E-state index in [9.17, 15) is 4.79 Å². The van der Waals surface area contributed by atoms with Gasteiger partial charge in [0.1, 0.15) is 11.3 Å². The summed E-state index contributed by atoms with van der Waals surface area (Å²) < 4.78 is 1.97. The van der Waals surface area contributed by atoms with Crippen molar-refractivity contribution >= 4 is 22.9 Å². The van der Waals surface area contributed by atoms with Gasteiger partial charge in [-0.2, -0.15) is 0 Å². The van der Waals surface area contributed by atoms with Crippen LogP contribution in [0.5, 0.6) is 0 Å². The Morgan fingerprint density at radius 3 is 2.31 bits per heavy atom. The molecular formula is C29H28N6O. The first-order valence-electron chi connectivity index (χ1n) is 11.8. The standard InChI is InChI=1S/C29H28N6O/c1-29(2,3)21-12-10-20(11-13-21)28(36)33-18-19-8-14-22(15-9-19)35-26(23-6-4-16-31-25(23)30)34-24-7-5-17-32-27(24)35/h4-17H,18H2,1-3H3,(H2,30,31)(H,33,36). The summed E-state index contributed by atoms with van der Waals surface area (Å²) in [4.78, 5) is 26.2. The summed E-state index contributed by atoms with van der Waals surface area (Å²) >= 11 is 0. The highest BCUT2D eigenvalue weighted by Crippen LogP contribution is 2.30. The van der Waals surface area contributed by atoms with Crippen LogP contribution in [-0.4, -0.2) is 25.4 Å². The number of aromatic nitrogens is 4. The molecule has 1 amide bonds. The molecule has 0 saturated carbocycles. The molecule has 0 aliphatic heterocycles. The van der Waals surface area contributed by atoms with Gasteiger partial charge in [-0.15, -0.1) is 0 Å². The number of nitrogen functional groups attached to an aromatic ring is 1. The van der Waals surface area contributed by atoms with Crippen molar-refractivity contribution in [2.75, 3.05) is 5.73 Å². The predicted octanol–water partition coefficient (Wildman–Crippen LogP) is 5.29. The van der Waals surface area contributed by atoms with Gasteiger partial charge >= 0.3 is 0 Å². The molecule has 180 valence electrons. The van der Waals surface area contributed by atoms with Crippen molar-refractivity contribution in [2.24, 2.45) is 0 Å². The van der Waals surface area contributed by atoms with Crippen molar-refractivity contribution in [2.45, 2.75) is 32.7 Å². The minimum absolute atomic E-state index is 0.0510. The zero-order chi connectivity index (χ0) is 25.3. The highest BCUT2D eigenvalue weighted by Gasteiger charge is 2.18. The third-order valence-corrected chi connectivity index (χ3v) is 6.16. The van der Waals surface area contributed by atoms with Crippen LogP contribution in [0.4, 0.5) is 5.82 Å². The van der Waals surface area contributed by atoms with E-state index in [-0.39, 0.29) is 11.3 Å². The molecule has 2 aromatic carbocycles. The maximum Gasteiger partial charge on any atom is 0.251 e. The Morgan fingerprint density at radius 2 is 1.61 bits per heavy atom. The number of nitrogens with two attached hydrogens (primary N) is 1. The fourth-order valence-electron chi connectivity index (χ4n) is 4.11. The lowest BCUT2D eigenvalue weighted by atomic mass is 9.87. The Hall–Kier alpha value is -4.52. The Balaban J connectivity index is 1.38. The van der Waals surface area contributed by atoms with Crippen LogP contribution in [0, 0.1) is 0 Å². The molecule has 0 saturated heterocycles. The number of rotatable bonds is 5. The summed E-state index contributed by atoms with van der Waals surface area (Å²) in [6, 6.07) is 23.3. The Bertz CT molecular complexity index is 1530. The minimum atomic E-state index is -0.0984. The van der Waals surface area contributed by atoms with Gasteiger partial charge in [0, 0.05) is 30.2 Å². The number of carbonyl (C=O) groups excluding carboxylic acids is 1. The molecule has 0 spiro atoms. The second-order valence-electron chi connectivity index (χ2n) is 9.73. The van der Waals surface area contributed by atoms with Crippen LogP contribution >= 0.6 is 0 Å². The molecule has 5 aromatic rings. The SMILES string of the molecule is CC(C)(C)c1ccc(C(=O)NCc2ccc(-n3c(-c4cccnc4N)nc4cccnc43)cc2)cc1. The average molecular weight is 477 g/mol. The molecular weight excluding hydrogens is 448 g/mol. The normalized spacial score (nSPS) is 11.5. The maximum absolute atomic E-state index is 12.7. The van der Waals surface area contributed by atoms with Crippen molar-refractivity contribution in [3.05, 3.63) is 102 Å². The van der Waals surface area contributed by atoms with E-state index in [0.717, 1.165) is 28.0 Å². The van der Waals surface area contributed by atoms with Gasteiger partial charge in [-0.25, -0.2) is 15.0 Å². The molecule has 0 fully saturated rings. The largest absolute Gasteiger partial charge is 0.383 e. The van der Waals surface area contributed by atoms with Gasteiger partial charge in [-0.05, 0) is 65.1 Å².